The zero-order chi connectivity index (χ0) is 21.7. The summed E-state index contributed by atoms with van der Waals surface area (Å²) in [7, 11) is 4.74. The molecule has 0 aromatic heterocycles. The standard InChI is InChI=1S/C23H29FN2O4/c1-15(25-22(27)14-28-2)23-19-12-21(30-4)20(29-3)11-17(19)8-9-26(23)13-16-6-5-7-18(24)10-16/h5-7,10-12,15,23H,8-9,13-14H2,1-4H3,(H,25,27)/p+1/t15-,23-/m0/s1. The first-order valence-corrected chi connectivity index (χ1v) is 10.1. The fourth-order valence-corrected chi connectivity index (χ4v) is 4.35. The Balaban J connectivity index is 1.97. The van der Waals surface area contributed by atoms with Crippen LogP contribution in [0.25, 0.3) is 0 Å². The molecule has 1 amide bonds. The quantitative estimate of drug-likeness (QED) is 0.686. The Morgan fingerprint density at radius 2 is 1.93 bits per heavy atom. The van der Waals surface area contributed by atoms with E-state index in [0.717, 1.165) is 24.1 Å². The monoisotopic (exact) mass is 417 g/mol. The number of hydrogen-bond acceptors (Lipinski definition) is 4. The van der Waals surface area contributed by atoms with Crippen molar-refractivity contribution in [2.24, 2.45) is 0 Å². The number of halogens is 1. The Morgan fingerprint density at radius 1 is 1.20 bits per heavy atom. The van der Waals surface area contributed by atoms with Crippen LogP contribution in [0.5, 0.6) is 11.5 Å². The summed E-state index contributed by atoms with van der Waals surface area (Å²) in [4.78, 5) is 13.5. The number of methoxy groups -OCH3 is 3. The van der Waals surface area contributed by atoms with Crippen LogP contribution in [0.15, 0.2) is 36.4 Å². The van der Waals surface area contributed by atoms with Gasteiger partial charge in [-0.05, 0) is 36.8 Å². The van der Waals surface area contributed by atoms with Crippen LogP contribution in [0.4, 0.5) is 4.39 Å². The highest BCUT2D eigenvalue weighted by Crippen LogP contribution is 2.35. The molecule has 2 aromatic rings. The van der Waals surface area contributed by atoms with E-state index in [9.17, 15) is 9.18 Å². The van der Waals surface area contributed by atoms with E-state index >= 15 is 0 Å². The lowest BCUT2D eigenvalue weighted by atomic mass is 9.87. The summed E-state index contributed by atoms with van der Waals surface area (Å²) in [5.74, 6) is 0.944. The molecule has 0 radical (unpaired) electrons. The molecule has 1 heterocycles. The van der Waals surface area contributed by atoms with Crippen LogP contribution in [-0.2, 0) is 22.5 Å². The van der Waals surface area contributed by atoms with Gasteiger partial charge >= 0.3 is 0 Å². The van der Waals surface area contributed by atoms with Gasteiger partial charge in [-0.15, -0.1) is 0 Å². The van der Waals surface area contributed by atoms with Crippen LogP contribution in [0.1, 0.15) is 29.7 Å². The molecule has 162 valence electrons. The van der Waals surface area contributed by atoms with E-state index < -0.39 is 0 Å². The van der Waals surface area contributed by atoms with Gasteiger partial charge in [0.2, 0.25) is 5.91 Å². The molecule has 0 aliphatic carbocycles. The molecule has 3 atom stereocenters. The van der Waals surface area contributed by atoms with Crippen LogP contribution in [0, 0.1) is 5.82 Å². The number of quaternary nitrogens is 1. The third-order valence-electron chi connectivity index (χ3n) is 5.62. The minimum Gasteiger partial charge on any atom is -0.493 e. The molecule has 0 bridgehead atoms. The Morgan fingerprint density at radius 3 is 2.60 bits per heavy atom. The second-order valence-electron chi connectivity index (χ2n) is 7.64. The summed E-state index contributed by atoms with van der Waals surface area (Å²) in [5, 5.41) is 3.05. The molecule has 7 heteroatoms. The fourth-order valence-electron chi connectivity index (χ4n) is 4.35. The molecule has 0 saturated carbocycles. The lowest BCUT2D eigenvalue weighted by Gasteiger charge is -2.38. The Kier molecular flexibility index (Phi) is 7.29. The van der Waals surface area contributed by atoms with E-state index in [1.165, 1.54) is 23.6 Å². The zero-order valence-electron chi connectivity index (χ0n) is 18.0. The Bertz CT molecular complexity index is 890. The summed E-state index contributed by atoms with van der Waals surface area (Å²) in [6, 6.07) is 10.5. The second-order valence-corrected chi connectivity index (χ2v) is 7.64. The van der Waals surface area contributed by atoms with Crippen molar-refractivity contribution < 1.29 is 28.3 Å². The Labute approximate surface area is 176 Å². The number of carbonyl (C=O) groups is 1. The smallest absolute Gasteiger partial charge is 0.246 e. The lowest BCUT2D eigenvalue weighted by molar-refractivity contribution is -0.948. The number of amides is 1. The predicted molar refractivity (Wildman–Crippen MR) is 111 cm³/mol. The van der Waals surface area contributed by atoms with Gasteiger partial charge in [-0.3, -0.25) is 4.79 Å². The number of benzene rings is 2. The first kappa shape index (κ1) is 22.1. The van der Waals surface area contributed by atoms with E-state index in [-0.39, 0.29) is 30.4 Å². The van der Waals surface area contributed by atoms with Crippen molar-refractivity contribution in [3.05, 3.63) is 58.9 Å². The SMILES string of the molecule is COCC(=O)N[C@@H](C)[C@H]1c2cc(OC)c(OC)cc2CC[NH+]1Cc1cccc(F)c1. The van der Waals surface area contributed by atoms with E-state index in [1.807, 2.05) is 25.1 Å². The van der Waals surface area contributed by atoms with E-state index in [0.29, 0.717) is 18.0 Å². The molecule has 2 N–H and O–H groups in total. The van der Waals surface area contributed by atoms with Crippen LogP contribution in [0.3, 0.4) is 0 Å². The largest absolute Gasteiger partial charge is 0.493 e. The van der Waals surface area contributed by atoms with Crippen molar-refractivity contribution in [2.75, 3.05) is 34.5 Å². The second kappa shape index (κ2) is 9.91. The normalized spacial score (nSPS) is 19.0. The van der Waals surface area contributed by atoms with Gasteiger partial charge in [-0.1, -0.05) is 12.1 Å². The van der Waals surface area contributed by atoms with Crippen molar-refractivity contribution >= 4 is 5.91 Å². The minimum atomic E-state index is -0.242. The molecule has 30 heavy (non-hydrogen) atoms. The van der Waals surface area contributed by atoms with E-state index in [4.69, 9.17) is 14.2 Å². The average molecular weight is 418 g/mol. The van der Waals surface area contributed by atoms with Crippen molar-refractivity contribution in [1.29, 1.82) is 0 Å². The van der Waals surface area contributed by atoms with Crippen LogP contribution in [-0.4, -0.2) is 46.4 Å². The van der Waals surface area contributed by atoms with Gasteiger partial charge in [0.25, 0.3) is 0 Å². The molecule has 0 saturated heterocycles. The zero-order valence-corrected chi connectivity index (χ0v) is 18.0. The molecule has 1 unspecified atom stereocenters. The maximum Gasteiger partial charge on any atom is 0.246 e. The van der Waals surface area contributed by atoms with Crippen molar-refractivity contribution in [3.8, 4) is 11.5 Å². The first-order chi connectivity index (χ1) is 14.5. The number of carbonyl (C=O) groups excluding carboxylic acids is 1. The molecule has 1 aliphatic heterocycles. The van der Waals surface area contributed by atoms with E-state index in [1.54, 1.807) is 26.4 Å². The van der Waals surface area contributed by atoms with Gasteiger partial charge in [0.15, 0.2) is 11.5 Å². The summed E-state index contributed by atoms with van der Waals surface area (Å²) in [6.07, 6.45) is 0.857. The first-order valence-electron chi connectivity index (χ1n) is 10.1. The van der Waals surface area contributed by atoms with Gasteiger partial charge < -0.3 is 24.4 Å². The van der Waals surface area contributed by atoms with Gasteiger partial charge in [0.1, 0.15) is 25.0 Å². The predicted octanol–water partition coefficient (Wildman–Crippen LogP) is 1.68. The highest BCUT2D eigenvalue weighted by Gasteiger charge is 2.37. The van der Waals surface area contributed by atoms with Crippen molar-refractivity contribution in [3.63, 3.8) is 0 Å². The Hall–Kier alpha value is -2.64. The van der Waals surface area contributed by atoms with Gasteiger partial charge in [0.05, 0.1) is 26.8 Å². The van der Waals surface area contributed by atoms with Gasteiger partial charge in [-0.2, -0.15) is 0 Å². The maximum atomic E-state index is 13.7. The summed E-state index contributed by atoms with van der Waals surface area (Å²) in [6.45, 7) is 3.51. The fraction of sp³-hybridized carbons (Fsp3) is 0.435. The van der Waals surface area contributed by atoms with Crippen molar-refractivity contribution in [2.45, 2.75) is 32.0 Å². The summed E-state index contributed by atoms with van der Waals surface area (Å²) < 4.78 is 29.7. The van der Waals surface area contributed by atoms with Crippen LogP contribution >= 0.6 is 0 Å². The molecular formula is C23H30FN2O4+. The van der Waals surface area contributed by atoms with Crippen LogP contribution in [0.2, 0.25) is 0 Å². The van der Waals surface area contributed by atoms with Gasteiger partial charge in [-0.25, -0.2) is 4.39 Å². The number of ether oxygens (including phenoxy) is 3. The third-order valence-corrected chi connectivity index (χ3v) is 5.62. The molecule has 1 aliphatic rings. The topological polar surface area (TPSA) is 61.2 Å². The highest BCUT2D eigenvalue weighted by molar-refractivity contribution is 5.77. The number of hydrogen-bond donors (Lipinski definition) is 2. The number of rotatable bonds is 8. The maximum absolute atomic E-state index is 13.7. The number of fused-ring (bicyclic) bond motifs is 1. The summed E-state index contributed by atoms with van der Waals surface area (Å²) in [5.41, 5.74) is 3.21. The van der Waals surface area contributed by atoms with E-state index in [2.05, 4.69) is 5.32 Å². The van der Waals surface area contributed by atoms with Crippen LogP contribution < -0.4 is 19.7 Å². The summed E-state index contributed by atoms with van der Waals surface area (Å²) >= 11 is 0. The average Bonchev–Trinajstić information content (AvgIpc) is 2.72. The molecule has 0 fully saturated rings. The molecule has 2 aromatic carbocycles. The number of nitrogens with one attached hydrogen (secondary N) is 2. The molecule has 3 rings (SSSR count). The highest BCUT2D eigenvalue weighted by atomic mass is 19.1. The van der Waals surface area contributed by atoms with Gasteiger partial charge in [0, 0.05) is 24.7 Å². The molecule has 6 nitrogen and oxygen atoms in total. The molecular weight excluding hydrogens is 387 g/mol. The molecule has 0 spiro atoms. The third kappa shape index (κ3) is 4.91. The minimum absolute atomic E-state index is 0.00901. The van der Waals surface area contributed by atoms with Crippen molar-refractivity contribution in [1.82, 2.24) is 5.32 Å². The lowest BCUT2D eigenvalue weighted by Crippen LogP contribution is -3.13.